The summed E-state index contributed by atoms with van der Waals surface area (Å²) in [5.41, 5.74) is 15.8. The van der Waals surface area contributed by atoms with Gasteiger partial charge in [-0.25, -0.2) is 0 Å². The zero-order valence-electron chi connectivity index (χ0n) is 7.29. The van der Waals surface area contributed by atoms with Crippen LogP contribution in [0.4, 0.5) is 0 Å². The Hall–Kier alpha value is -1.42. The molecular formula is C6H10N6O. The number of nitrogens with zero attached hydrogens (tertiary/aromatic N) is 6. The minimum Gasteiger partial charge on any atom is -0.366 e. The average molecular weight is 182 g/mol. The molecule has 0 radical (unpaired) electrons. The number of ether oxygens (including phenoxy) is 1. The molecule has 1 unspecified atom stereocenters. The standard InChI is InChI=1S/C6H10N6O/c1-2-5-6(13-5,3-9-11-7)4-10-12-8/h5H,2-4H2,1H3. The Morgan fingerprint density at radius 3 is 2.15 bits per heavy atom. The molecule has 0 N–H and O–H groups in total. The van der Waals surface area contributed by atoms with E-state index in [-0.39, 0.29) is 19.2 Å². The third-order valence-electron chi connectivity index (χ3n) is 2.08. The Balaban J connectivity index is 2.56. The number of rotatable bonds is 5. The zero-order valence-corrected chi connectivity index (χ0v) is 7.29. The normalized spacial score (nSPS) is 30.1. The lowest BCUT2D eigenvalue weighted by Gasteiger charge is -2.03. The first-order valence-electron chi connectivity index (χ1n) is 3.98. The summed E-state index contributed by atoms with van der Waals surface area (Å²) in [5.74, 6) is 0. The van der Waals surface area contributed by atoms with Gasteiger partial charge in [-0.15, -0.1) is 0 Å². The van der Waals surface area contributed by atoms with Crippen molar-refractivity contribution in [3.63, 3.8) is 0 Å². The lowest BCUT2D eigenvalue weighted by molar-refractivity contribution is 0.300. The third-order valence-corrected chi connectivity index (χ3v) is 2.08. The average Bonchev–Trinajstić information content (AvgIpc) is 2.86. The Kier molecular flexibility index (Phi) is 2.97. The summed E-state index contributed by atoms with van der Waals surface area (Å²) >= 11 is 0. The second-order valence-corrected chi connectivity index (χ2v) is 2.86. The molecule has 0 aliphatic carbocycles. The van der Waals surface area contributed by atoms with Gasteiger partial charge >= 0.3 is 0 Å². The number of azide groups is 2. The van der Waals surface area contributed by atoms with Crippen molar-refractivity contribution in [1.82, 2.24) is 0 Å². The van der Waals surface area contributed by atoms with Gasteiger partial charge in [-0.05, 0) is 17.5 Å². The molecule has 0 amide bonds. The summed E-state index contributed by atoms with van der Waals surface area (Å²) in [4.78, 5) is 5.30. The van der Waals surface area contributed by atoms with Crippen molar-refractivity contribution in [2.24, 2.45) is 10.2 Å². The maximum absolute atomic E-state index is 8.14. The second-order valence-electron chi connectivity index (χ2n) is 2.86. The molecule has 0 bridgehead atoms. The smallest absolute Gasteiger partial charge is 0.106 e. The fourth-order valence-electron chi connectivity index (χ4n) is 1.34. The molecule has 1 atom stereocenters. The van der Waals surface area contributed by atoms with Gasteiger partial charge in [0.25, 0.3) is 0 Å². The molecule has 13 heavy (non-hydrogen) atoms. The summed E-state index contributed by atoms with van der Waals surface area (Å²) in [7, 11) is 0. The Morgan fingerprint density at radius 1 is 1.31 bits per heavy atom. The van der Waals surface area contributed by atoms with E-state index in [9.17, 15) is 0 Å². The van der Waals surface area contributed by atoms with E-state index in [1.165, 1.54) is 0 Å². The number of hydrogen-bond acceptors (Lipinski definition) is 3. The van der Waals surface area contributed by atoms with E-state index >= 15 is 0 Å². The first kappa shape index (κ1) is 9.67. The van der Waals surface area contributed by atoms with Crippen LogP contribution in [0.1, 0.15) is 13.3 Å². The second kappa shape index (κ2) is 4.00. The molecule has 0 aromatic rings. The molecule has 70 valence electrons. The van der Waals surface area contributed by atoms with E-state index < -0.39 is 5.60 Å². The van der Waals surface area contributed by atoms with Crippen LogP contribution in [-0.4, -0.2) is 24.8 Å². The summed E-state index contributed by atoms with van der Waals surface area (Å²) in [6.07, 6.45) is 0.894. The molecule has 0 aromatic carbocycles. The van der Waals surface area contributed by atoms with Crippen LogP contribution in [0.25, 0.3) is 20.9 Å². The van der Waals surface area contributed by atoms with Crippen LogP contribution in [0, 0.1) is 0 Å². The first-order valence-corrected chi connectivity index (χ1v) is 3.98. The van der Waals surface area contributed by atoms with E-state index in [1.54, 1.807) is 0 Å². The van der Waals surface area contributed by atoms with Crippen LogP contribution in [0.5, 0.6) is 0 Å². The molecule has 0 aromatic heterocycles. The number of hydrogen-bond donors (Lipinski definition) is 0. The van der Waals surface area contributed by atoms with Crippen LogP contribution < -0.4 is 0 Å². The highest BCUT2D eigenvalue weighted by Gasteiger charge is 2.53. The summed E-state index contributed by atoms with van der Waals surface area (Å²) in [6, 6.07) is 0. The molecular weight excluding hydrogens is 172 g/mol. The molecule has 1 aliphatic rings. The van der Waals surface area contributed by atoms with E-state index in [0.717, 1.165) is 6.42 Å². The molecule has 1 aliphatic heterocycles. The topological polar surface area (TPSA) is 110 Å². The van der Waals surface area contributed by atoms with E-state index in [2.05, 4.69) is 20.1 Å². The van der Waals surface area contributed by atoms with Crippen molar-refractivity contribution < 1.29 is 4.74 Å². The minimum absolute atomic E-state index is 0.0588. The summed E-state index contributed by atoms with van der Waals surface area (Å²) in [6.45, 7) is 2.45. The highest BCUT2D eigenvalue weighted by atomic mass is 16.6. The molecule has 0 spiro atoms. The van der Waals surface area contributed by atoms with Gasteiger partial charge in [-0.2, -0.15) is 0 Å². The van der Waals surface area contributed by atoms with Gasteiger partial charge < -0.3 is 4.74 Å². The highest BCUT2D eigenvalue weighted by Crippen LogP contribution is 2.39. The predicted molar refractivity (Wildman–Crippen MR) is 45.9 cm³/mol. The first-order chi connectivity index (χ1) is 6.29. The largest absolute Gasteiger partial charge is 0.366 e. The lowest BCUT2D eigenvalue weighted by Crippen LogP contribution is -2.22. The van der Waals surface area contributed by atoms with E-state index in [4.69, 9.17) is 15.8 Å². The van der Waals surface area contributed by atoms with Gasteiger partial charge in [0.05, 0.1) is 19.2 Å². The third kappa shape index (κ3) is 2.03. The molecule has 7 heteroatoms. The Morgan fingerprint density at radius 2 is 1.85 bits per heavy atom. The Labute approximate surface area is 74.9 Å². The van der Waals surface area contributed by atoms with Crippen LogP contribution >= 0.6 is 0 Å². The van der Waals surface area contributed by atoms with Crippen molar-refractivity contribution in [2.45, 2.75) is 25.0 Å². The van der Waals surface area contributed by atoms with E-state index in [1.807, 2.05) is 6.92 Å². The minimum atomic E-state index is -0.521. The van der Waals surface area contributed by atoms with Gasteiger partial charge in [0.15, 0.2) is 0 Å². The monoisotopic (exact) mass is 182 g/mol. The van der Waals surface area contributed by atoms with Crippen molar-refractivity contribution in [3.05, 3.63) is 20.9 Å². The fraction of sp³-hybridized carbons (Fsp3) is 1.00. The Bertz CT molecular complexity index is 257. The quantitative estimate of drug-likeness (QED) is 0.276. The summed E-state index contributed by atoms with van der Waals surface area (Å²) < 4.78 is 5.33. The summed E-state index contributed by atoms with van der Waals surface area (Å²) in [5, 5.41) is 6.86. The van der Waals surface area contributed by atoms with Gasteiger partial charge in [0.1, 0.15) is 5.60 Å². The van der Waals surface area contributed by atoms with Crippen molar-refractivity contribution >= 4 is 0 Å². The van der Waals surface area contributed by atoms with E-state index in [0.29, 0.717) is 0 Å². The molecule has 7 nitrogen and oxygen atoms in total. The molecule has 1 fully saturated rings. The molecule has 1 rings (SSSR count). The maximum atomic E-state index is 8.14. The molecule has 1 heterocycles. The van der Waals surface area contributed by atoms with Crippen molar-refractivity contribution in [2.75, 3.05) is 13.1 Å². The SMILES string of the molecule is CCC1OC1(CN=[N+]=[N-])CN=[N+]=[N-]. The fourth-order valence-corrected chi connectivity index (χ4v) is 1.34. The van der Waals surface area contributed by atoms with Crippen LogP contribution in [0.2, 0.25) is 0 Å². The van der Waals surface area contributed by atoms with Gasteiger partial charge in [0.2, 0.25) is 0 Å². The zero-order chi connectivity index (χ0) is 9.73. The molecule has 0 saturated carbocycles. The van der Waals surface area contributed by atoms with Gasteiger partial charge in [-0.3, -0.25) is 0 Å². The maximum Gasteiger partial charge on any atom is 0.106 e. The van der Waals surface area contributed by atoms with Crippen LogP contribution in [-0.2, 0) is 4.74 Å². The lowest BCUT2D eigenvalue weighted by atomic mass is 10.0. The van der Waals surface area contributed by atoms with Crippen molar-refractivity contribution in [1.29, 1.82) is 0 Å². The highest BCUT2D eigenvalue weighted by molar-refractivity contribution is 5.05. The van der Waals surface area contributed by atoms with Crippen LogP contribution in [0.3, 0.4) is 0 Å². The predicted octanol–water partition coefficient (Wildman–Crippen LogP) is 2.15. The number of epoxide rings is 1. The van der Waals surface area contributed by atoms with Crippen molar-refractivity contribution in [3.8, 4) is 0 Å². The van der Waals surface area contributed by atoms with Gasteiger partial charge in [-0.1, -0.05) is 17.2 Å². The molecule has 1 saturated heterocycles. The van der Waals surface area contributed by atoms with Gasteiger partial charge in [0, 0.05) is 9.82 Å². The van der Waals surface area contributed by atoms with Crippen LogP contribution in [0.15, 0.2) is 10.2 Å².